The van der Waals surface area contributed by atoms with Crippen LogP contribution in [0.25, 0.3) is 0 Å². The van der Waals surface area contributed by atoms with Crippen molar-refractivity contribution in [1.29, 1.82) is 0 Å². The summed E-state index contributed by atoms with van der Waals surface area (Å²) < 4.78 is 10.8. The van der Waals surface area contributed by atoms with Crippen LogP contribution in [0.2, 0.25) is 6.32 Å². The summed E-state index contributed by atoms with van der Waals surface area (Å²) in [5.74, 6) is 0. The van der Waals surface area contributed by atoms with Gasteiger partial charge in [0, 0.05) is 6.32 Å². The molecule has 0 radical (unpaired) electrons. The second kappa shape index (κ2) is 2.76. The number of hydrogen-bond donors (Lipinski definition) is 0. The Kier molecular flexibility index (Phi) is 2.16. The Morgan fingerprint density at radius 3 is 2.80 bits per heavy atom. The summed E-state index contributed by atoms with van der Waals surface area (Å²) in [5, 5.41) is 0. The fraction of sp³-hybridized carbons (Fsp3) is 0.714. The van der Waals surface area contributed by atoms with Gasteiger partial charge in [-0.2, -0.15) is 0 Å². The van der Waals surface area contributed by atoms with Gasteiger partial charge in [0.2, 0.25) is 0 Å². The molecule has 1 heterocycles. The average Bonchev–Trinajstić information content (AvgIpc) is 2.12. The minimum absolute atomic E-state index is 0.0625. The summed E-state index contributed by atoms with van der Waals surface area (Å²) in [6, 6.07) is 0. The van der Waals surface area contributed by atoms with Gasteiger partial charge < -0.3 is 9.31 Å². The molecule has 3 heteroatoms. The fourth-order valence-electron chi connectivity index (χ4n) is 0.970. The first-order chi connectivity index (χ1) is 4.64. The van der Waals surface area contributed by atoms with Crippen molar-refractivity contribution < 1.29 is 9.31 Å². The molecular weight excluding hydrogens is 127 g/mol. The molecule has 0 spiro atoms. The second-order valence-corrected chi connectivity index (χ2v) is 3.14. The summed E-state index contributed by atoms with van der Waals surface area (Å²) in [7, 11) is -0.0625. The highest BCUT2D eigenvalue weighted by Crippen LogP contribution is 2.21. The van der Waals surface area contributed by atoms with Crippen molar-refractivity contribution in [2.45, 2.75) is 25.8 Å². The third-order valence-corrected chi connectivity index (χ3v) is 1.43. The standard InChI is InChI=1S/C7H13BO2/c1-4-5-8-9-6-7(2,3)10-8/h4H,1,5-6H2,2-3H3. The van der Waals surface area contributed by atoms with Gasteiger partial charge in [-0.05, 0) is 13.8 Å². The van der Waals surface area contributed by atoms with E-state index in [1.165, 1.54) is 0 Å². The van der Waals surface area contributed by atoms with Crippen LogP contribution in [0.1, 0.15) is 13.8 Å². The predicted molar refractivity (Wildman–Crippen MR) is 41.9 cm³/mol. The monoisotopic (exact) mass is 140 g/mol. The van der Waals surface area contributed by atoms with Crippen molar-refractivity contribution in [2.75, 3.05) is 6.61 Å². The second-order valence-electron chi connectivity index (χ2n) is 3.14. The first-order valence-corrected chi connectivity index (χ1v) is 3.54. The van der Waals surface area contributed by atoms with Crippen LogP contribution in [0.4, 0.5) is 0 Å². The van der Waals surface area contributed by atoms with Crippen molar-refractivity contribution in [3.8, 4) is 0 Å². The summed E-state index contributed by atoms with van der Waals surface area (Å²) in [6.45, 7) is 8.35. The van der Waals surface area contributed by atoms with Crippen LogP contribution in [0.5, 0.6) is 0 Å². The number of rotatable bonds is 2. The first kappa shape index (κ1) is 7.83. The summed E-state index contributed by atoms with van der Waals surface area (Å²) in [5.41, 5.74) is -0.103. The lowest BCUT2D eigenvalue weighted by Crippen LogP contribution is -2.24. The van der Waals surface area contributed by atoms with Crippen LogP contribution < -0.4 is 0 Å². The van der Waals surface area contributed by atoms with Crippen LogP contribution in [0.3, 0.4) is 0 Å². The zero-order chi connectivity index (χ0) is 7.61. The lowest BCUT2D eigenvalue weighted by atomic mass is 9.85. The van der Waals surface area contributed by atoms with E-state index < -0.39 is 0 Å². The molecule has 0 saturated carbocycles. The van der Waals surface area contributed by atoms with Crippen LogP contribution in [-0.4, -0.2) is 19.3 Å². The van der Waals surface area contributed by atoms with E-state index in [-0.39, 0.29) is 12.7 Å². The van der Waals surface area contributed by atoms with Gasteiger partial charge in [0.25, 0.3) is 0 Å². The maximum absolute atomic E-state index is 5.50. The molecule has 0 N–H and O–H groups in total. The van der Waals surface area contributed by atoms with E-state index in [1.54, 1.807) is 0 Å². The molecule has 0 atom stereocenters. The molecule has 0 unspecified atom stereocenters. The van der Waals surface area contributed by atoms with E-state index in [4.69, 9.17) is 9.31 Å². The van der Waals surface area contributed by atoms with Crippen LogP contribution >= 0.6 is 0 Å². The topological polar surface area (TPSA) is 18.5 Å². The molecule has 1 aliphatic heterocycles. The molecule has 1 rings (SSSR count). The molecule has 0 bridgehead atoms. The lowest BCUT2D eigenvalue weighted by molar-refractivity contribution is 0.136. The van der Waals surface area contributed by atoms with E-state index in [0.717, 1.165) is 6.32 Å². The molecule has 0 aliphatic carbocycles. The normalized spacial score (nSPS) is 23.2. The van der Waals surface area contributed by atoms with E-state index in [9.17, 15) is 0 Å². The maximum Gasteiger partial charge on any atom is 0.461 e. The zero-order valence-corrected chi connectivity index (χ0v) is 6.59. The molecule has 1 fully saturated rings. The SMILES string of the molecule is C=CCB1OCC(C)(C)O1. The largest absolute Gasteiger partial charge is 0.461 e. The number of hydrogen-bond acceptors (Lipinski definition) is 2. The van der Waals surface area contributed by atoms with E-state index >= 15 is 0 Å². The molecule has 1 aliphatic rings. The van der Waals surface area contributed by atoms with Crippen molar-refractivity contribution in [2.24, 2.45) is 0 Å². The quantitative estimate of drug-likeness (QED) is 0.427. The molecule has 10 heavy (non-hydrogen) atoms. The Hall–Kier alpha value is -0.275. The Bertz CT molecular complexity index is 134. The summed E-state index contributed by atoms with van der Waals surface area (Å²) in [6.07, 6.45) is 2.59. The zero-order valence-electron chi connectivity index (χ0n) is 6.59. The van der Waals surface area contributed by atoms with Gasteiger partial charge in [-0.25, -0.2) is 0 Å². The minimum atomic E-state index is -0.103. The predicted octanol–water partition coefficient (Wildman–Crippen LogP) is 1.49. The molecule has 0 aromatic carbocycles. The Labute approximate surface area is 62.4 Å². The molecule has 0 aromatic rings. The van der Waals surface area contributed by atoms with Crippen LogP contribution in [0.15, 0.2) is 12.7 Å². The third-order valence-electron chi connectivity index (χ3n) is 1.43. The van der Waals surface area contributed by atoms with Gasteiger partial charge in [-0.1, -0.05) is 6.08 Å². The molecule has 2 nitrogen and oxygen atoms in total. The van der Waals surface area contributed by atoms with Gasteiger partial charge in [0.1, 0.15) is 0 Å². The summed E-state index contributed by atoms with van der Waals surface area (Å²) in [4.78, 5) is 0. The van der Waals surface area contributed by atoms with Crippen LogP contribution in [-0.2, 0) is 9.31 Å². The Balaban J connectivity index is 2.35. The smallest absolute Gasteiger partial charge is 0.408 e. The minimum Gasteiger partial charge on any atom is -0.408 e. The van der Waals surface area contributed by atoms with Gasteiger partial charge in [-0.3, -0.25) is 0 Å². The lowest BCUT2D eigenvalue weighted by Gasteiger charge is -2.14. The maximum atomic E-state index is 5.50. The number of allylic oxidation sites excluding steroid dienone is 1. The molecule has 56 valence electrons. The van der Waals surface area contributed by atoms with Gasteiger partial charge in [0.05, 0.1) is 12.2 Å². The average molecular weight is 140 g/mol. The van der Waals surface area contributed by atoms with E-state index in [2.05, 4.69) is 6.58 Å². The first-order valence-electron chi connectivity index (χ1n) is 3.54. The van der Waals surface area contributed by atoms with Gasteiger partial charge >= 0.3 is 7.12 Å². The van der Waals surface area contributed by atoms with E-state index in [0.29, 0.717) is 6.61 Å². The highest BCUT2D eigenvalue weighted by atomic mass is 16.7. The van der Waals surface area contributed by atoms with Crippen LogP contribution in [0, 0.1) is 0 Å². The molecular formula is C7H13BO2. The third kappa shape index (κ3) is 1.85. The molecule has 0 aromatic heterocycles. The van der Waals surface area contributed by atoms with Crippen molar-refractivity contribution >= 4 is 7.12 Å². The fourth-order valence-corrected chi connectivity index (χ4v) is 0.970. The highest BCUT2D eigenvalue weighted by molar-refractivity contribution is 6.45. The molecule has 0 amide bonds. The Morgan fingerprint density at radius 2 is 2.40 bits per heavy atom. The van der Waals surface area contributed by atoms with Crippen molar-refractivity contribution in [3.63, 3.8) is 0 Å². The highest BCUT2D eigenvalue weighted by Gasteiger charge is 2.35. The van der Waals surface area contributed by atoms with E-state index in [1.807, 2.05) is 19.9 Å². The van der Waals surface area contributed by atoms with Crippen molar-refractivity contribution in [3.05, 3.63) is 12.7 Å². The Morgan fingerprint density at radius 1 is 1.70 bits per heavy atom. The van der Waals surface area contributed by atoms with Gasteiger partial charge in [0.15, 0.2) is 0 Å². The van der Waals surface area contributed by atoms with Gasteiger partial charge in [-0.15, -0.1) is 6.58 Å². The van der Waals surface area contributed by atoms with Crippen molar-refractivity contribution in [1.82, 2.24) is 0 Å². The summed E-state index contributed by atoms with van der Waals surface area (Å²) >= 11 is 0. The molecule has 1 saturated heterocycles.